The van der Waals surface area contributed by atoms with Crippen molar-refractivity contribution < 1.29 is 0 Å². The van der Waals surface area contributed by atoms with Crippen molar-refractivity contribution in [2.24, 2.45) is 0 Å². The summed E-state index contributed by atoms with van der Waals surface area (Å²) in [4.78, 5) is 3.02. The molecule has 0 atom stereocenters. The summed E-state index contributed by atoms with van der Waals surface area (Å²) in [5.74, 6) is 0. The first kappa shape index (κ1) is 7.55. The number of hydrogen-bond acceptors (Lipinski definition) is 2. The van der Waals surface area contributed by atoms with Gasteiger partial charge >= 0.3 is 6.54 Å². The monoisotopic (exact) mass is 148 g/mol. The molecule has 11 heavy (non-hydrogen) atoms. The van der Waals surface area contributed by atoms with E-state index in [1.807, 2.05) is 24.3 Å². The second-order valence-corrected chi connectivity index (χ2v) is 2.36. The molecule has 2 N–H and O–H groups in total. The molecule has 0 aliphatic rings. The summed E-state index contributed by atoms with van der Waals surface area (Å²) in [6, 6.07) is 7.54. The number of nitrogen functional groups attached to an aromatic ring is 1. The Bertz CT molecular complexity index is 258. The fourth-order valence-electron chi connectivity index (χ4n) is 0.863. The maximum absolute atomic E-state index is 8.18. The normalized spacial score (nSPS) is 9.00. The number of anilines is 1. The molecule has 0 fully saturated rings. The zero-order chi connectivity index (χ0) is 8.10. The Morgan fingerprint density at radius 1 is 1.27 bits per heavy atom. The van der Waals surface area contributed by atoms with E-state index in [0.717, 1.165) is 17.7 Å². The molecule has 0 aromatic heterocycles. The van der Waals surface area contributed by atoms with E-state index in [-0.39, 0.29) is 0 Å². The first-order valence-corrected chi connectivity index (χ1v) is 3.48. The van der Waals surface area contributed by atoms with Gasteiger partial charge in [0.1, 0.15) is 4.98 Å². The average molecular weight is 148 g/mol. The Balaban J connectivity index is 2.60. The van der Waals surface area contributed by atoms with E-state index in [9.17, 15) is 0 Å². The van der Waals surface area contributed by atoms with Gasteiger partial charge in [-0.15, -0.1) is 0 Å². The van der Waals surface area contributed by atoms with E-state index in [0.29, 0.717) is 6.54 Å². The fraction of sp³-hybridized carbons (Fsp3) is 0.250. The molecule has 0 bridgehead atoms. The van der Waals surface area contributed by atoms with E-state index in [1.165, 1.54) is 0 Å². The van der Waals surface area contributed by atoms with Crippen LogP contribution in [0, 0.1) is 5.39 Å². The number of nitrogens with two attached hydrogens (primary N) is 1. The van der Waals surface area contributed by atoms with Crippen LogP contribution in [-0.2, 0) is 6.42 Å². The minimum Gasteiger partial charge on any atom is -0.399 e. The molecule has 0 unspecified atom stereocenters. The molecular weight excluding hydrogens is 138 g/mol. The minimum atomic E-state index is 0.448. The molecule has 0 heterocycles. The third kappa shape index (κ3) is 2.26. The molecule has 56 valence electrons. The highest BCUT2D eigenvalue weighted by atomic mass is 14.8. The van der Waals surface area contributed by atoms with Crippen molar-refractivity contribution in [1.82, 2.24) is 0 Å². The third-order valence-electron chi connectivity index (χ3n) is 1.48. The SMILES string of the molecule is N#[N+]CCc1ccc(N)cc1. The number of nitrogens with zero attached hydrogens (tertiary/aromatic N) is 2. The second-order valence-electron chi connectivity index (χ2n) is 2.36. The third-order valence-corrected chi connectivity index (χ3v) is 1.48. The highest BCUT2D eigenvalue weighted by Gasteiger charge is 1.96. The van der Waals surface area contributed by atoms with E-state index in [2.05, 4.69) is 4.98 Å². The minimum absolute atomic E-state index is 0.448. The average Bonchev–Trinajstić information content (AvgIpc) is 2.04. The lowest BCUT2D eigenvalue weighted by Gasteiger charge is -1.93. The smallest absolute Gasteiger partial charge is 0.309 e. The lowest BCUT2D eigenvalue weighted by molar-refractivity contribution is 1.05. The van der Waals surface area contributed by atoms with Crippen molar-refractivity contribution in [2.45, 2.75) is 6.42 Å². The number of rotatable bonds is 2. The molecular formula is C8H10N3+. The lowest BCUT2D eigenvalue weighted by atomic mass is 10.1. The quantitative estimate of drug-likeness (QED) is 0.512. The van der Waals surface area contributed by atoms with Gasteiger partial charge in [0.05, 0.1) is 6.42 Å². The van der Waals surface area contributed by atoms with E-state index < -0.39 is 0 Å². The molecule has 0 aliphatic carbocycles. The summed E-state index contributed by atoms with van der Waals surface area (Å²) in [5.41, 5.74) is 7.38. The molecule has 1 aromatic rings. The number of benzene rings is 1. The Hall–Kier alpha value is -1.56. The standard InChI is InChI=1S/C8H10N3/c9-8-3-1-7(2-4-8)5-6-11-10/h1-4H,5-6,9H2/q+1. The number of hydrogen-bond donors (Lipinski definition) is 1. The molecule has 0 saturated heterocycles. The summed E-state index contributed by atoms with van der Waals surface area (Å²) >= 11 is 0. The van der Waals surface area contributed by atoms with Gasteiger partial charge in [0, 0.05) is 5.69 Å². The van der Waals surface area contributed by atoms with Crippen molar-refractivity contribution in [3.05, 3.63) is 34.8 Å². The molecule has 1 aromatic carbocycles. The van der Waals surface area contributed by atoms with Crippen LogP contribution in [0.2, 0.25) is 0 Å². The molecule has 3 heteroatoms. The second kappa shape index (κ2) is 3.57. The van der Waals surface area contributed by atoms with Crippen LogP contribution in [0.3, 0.4) is 0 Å². The van der Waals surface area contributed by atoms with Crippen molar-refractivity contribution in [2.75, 3.05) is 12.3 Å². The first-order valence-electron chi connectivity index (χ1n) is 3.48. The van der Waals surface area contributed by atoms with Gasteiger partial charge in [0.15, 0.2) is 0 Å². The van der Waals surface area contributed by atoms with Gasteiger partial charge in [-0.3, -0.25) is 0 Å². The van der Waals surface area contributed by atoms with Gasteiger partial charge in [-0.05, 0) is 17.7 Å². The molecule has 0 amide bonds. The maximum Gasteiger partial charge on any atom is 0.309 e. The molecule has 0 radical (unpaired) electrons. The summed E-state index contributed by atoms with van der Waals surface area (Å²) in [7, 11) is 0. The summed E-state index contributed by atoms with van der Waals surface area (Å²) < 4.78 is 0. The van der Waals surface area contributed by atoms with Crippen LogP contribution in [0.25, 0.3) is 4.98 Å². The molecule has 1 rings (SSSR count). The molecule has 0 saturated carbocycles. The van der Waals surface area contributed by atoms with Crippen LogP contribution in [0.15, 0.2) is 24.3 Å². The Kier molecular flexibility index (Phi) is 2.45. The predicted octanol–water partition coefficient (Wildman–Crippen LogP) is 1.66. The van der Waals surface area contributed by atoms with Crippen LogP contribution in [0.5, 0.6) is 0 Å². The largest absolute Gasteiger partial charge is 0.399 e. The Morgan fingerprint density at radius 2 is 1.91 bits per heavy atom. The molecule has 0 aliphatic heterocycles. The number of diazo groups is 1. The highest BCUT2D eigenvalue weighted by Crippen LogP contribution is 2.05. The highest BCUT2D eigenvalue weighted by molar-refractivity contribution is 5.39. The predicted molar refractivity (Wildman–Crippen MR) is 44.5 cm³/mol. The van der Waals surface area contributed by atoms with Gasteiger partial charge in [0.25, 0.3) is 0 Å². The van der Waals surface area contributed by atoms with Gasteiger partial charge in [-0.2, -0.15) is 0 Å². The van der Waals surface area contributed by atoms with Crippen LogP contribution < -0.4 is 5.73 Å². The van der Waals surface area contributed by atoms with Crippen LogP contribution >= 0.6 is 0 Å². The topological polar surface area (TPSA) is 54.2 Å². The van der Waals surface area contributed by atoms with E-state index in [4.69, 9.17) is 11.1 Å². The van der Waals surface area contributed by atoms with Gasteiger partial charge in [-0.25, -0.2) is 0 Å². The Morgan fingerprint density at radius 3 is 2.45 bits per heavy atom. The van der Waals surface area contributed by atoms with Gasteiger partial charge in [-0.1, -0.05) is 12.1 Å². The zero-order valence-corrected chi connectivity index (χ0v) is 6.20. The van der Waals surface area contributed by atoms with E-state index >= 15 is 0 Å². The van der Waals surface area contributed by atoms with Crippen molar-refractivity contribution in [1.29, 1.82) is 5.39 Å². The lowest BCUT2D eigenvalue weighted by Crippen LogP contribution is -1.89. The molecule has 3 nitrogen and oxygen atoms in total. The summed E-state index contributed by atoms with van der Waals surface area (Å²) in [6.45, 7) is 0.448. The Labute approximate surface area is 65.5 Å². The van der Waals surface area contributed by atoms with Crippen LogP contribution in [-0.4, -0.2) is 6.54 Å². The van der Waals surface area contributed by atoms with E-state index in [1.54, 1.807) is 0 Å². The van der Waals surface area contributed by atoms with Crippen molar-refractivity contribution >= 4 is 5.69 Å². The summed E-state index contributed by atoms with van der Waals surface area (Å²) in [6.07, 6.45) is 0.761. The van der Waals surface area contributed by atoms with Crippen LogP contribution in [0.1, 0.15) is 5.56 Å². The van der Waals surface area contributed by atoms with Gasteiger partial charge in [0.2, 0.25) is 5.39 Å². The zero-order valence-electron chi connectivity index (χ0n) is 6.20. The maximum atomic E-state index is 8.18. The summed E-state index contributed by atoms with van der Waals surface area (Å²) in [5, 5.41) is 8.18. The first-order chi connectivity index (χ1) is 5.33. The van der Waals surface area contributed by atoms with Crippen molar-refractivity contribution in [3.8, 4) is 0 Å². The molecule has 0 spiro atoms. The van der Waals surface area contributed by atoms with Crippen LogP contribution in [0.4, 0.5) is 5.69 Å². The fourth-order valence-corrected chi connectivity index (χ4v) is 0.863. The van der Waals surface area contributed by atoms with Gasteiger partial charge < -0.3 is 5.73 Å². The van der Waals surface area contributed by atoms with Crippen molar-refractivity contribution in [3.63, 3.8) is 0 Å².